The van der Waals surface area contributed by atoms with Crippen LogP contribution in [0.1, 0.15) is 40.5 Å². The molecule has 1 aromatic rings. The summed E-state index contributed by atoms with van der Waals surface area (Å²) >= 11 is 1.89. The molecule has 0 N–H and O–H groups in total. The van der Waals surface area contributed by atoms with Crippen molar-refractivity contribution in [3.05, 3.63) is 24.3 Å². The molecule has 6 heteroatoms. The van der Waals surface area contributed by atoms with Crippen LogP contribution >= 0.6 is 11.8 Å². The van der Waals surface area contributed by atoms with E-state index >= 15 is 0 Å². The van der Waals surface area contributed by atoms with Crippen molar-refractivity contribution in [3.8, 4) is 0 Å². The summed E-state index contributed by atoms with van der Waals surface area (Å²) < 4.78 is 20.7. The zero-order valence-electron chi connectivity index (χ0n) is 14.0. The largest absolute Gasteiger partial charge is 0.634 e. The Hall–Kier alpha value is -0.533. The van der Waals surface area contributed by atoms with Crippen molar-refractivity contribution in [2.45, 2.75) is 50.8 Å². The number of thioether (sulfide) groups is 1. The van der Waals surface area contributed by atoms with Crippen molar-refractivity contribution in [1.82, 2.24) is 0 Å². The van der Waals surface area contributed by atoms with E-state index in [1.165, 1.54) is 10.6 Å². The fourth-order valence-electron chi connectivity index (χ4n) is 2.75. The van der Waals surface area contributed by atoms with Crippen LogP contribution in [0.25, 0.3) is 0 Å². The van der Waals surface area contributed by atoms with Crippen LogP contribution in [-0.2, 0) is 13.3 Å². The van der Waals surface area contributed by atoms with E-state index in [2.05, 4.69) is 35.8 Å². The van der Waals surface area contributed by atoms with Crippen molar-refractivity contribution < 1.29 is 13.3 Å². The third-order valence-corrected chi connectivity index (χ3v) is 8.09. The van der Waals surface area contributed by atoms with Crippen LogP contribution in [-0.4, -0.2) is 34.2 Å². The topological polar surface area (TPSA) is 30.9 Å². The third-order valence-electron chi connectivity index (χ3n) is 3.49. The molecule has 0 aromatic heterocycles. The van der Waals surface area contributed by atoms with E-state index in [1.54, 1.807) is 0 Å². The van der Waals surface area contributed by atoms with Crippen molar-refractivity contribution in [2.24, 2.45) is 0 Å². The molecule has 4 nitrogen and oxygen atoms in total. The summed E-state index contributed by atoms with van der Waals surface area (Å²) in [5.41, 5.74) is 1.19. The van der Waals surface area contributed by atoms with Crippen molar-refractivity contribution in [1.29, 1.82) is 0 Å². The number of hydrogen-bond acceptors (Lipinski definition) is 5. The summed E-state index contributed by atoms with van der Waals surface area (Å²) in [5.74, 6) is 0. The van der Waals surface area contributed by atoms with Gasteiger partial charge in [-0.1, -0.05) is 37.2 Å². The van der Waals surface area contributed by atoms with E-state index in [-0.39, 0.29) is 0 Å². The lowest BCUT2D eigenvalue weighted by atomic mass is 10.3. The van der Waals surface area contributed by atoms with E-state index < -0.39 is 8.97 Å². The summed E-state index contributed by atoms with van der Waals surface area (Å²) in [6, 6.07) is 8.48. The smallest absolute Gasteiger partial charge is 0.357 e. The van der Waals surface area contributed by atoms with E-state index in [9.17, 15) is 0 Å². The molecule has 1 aliphatic rings. The van der Waals surface area contributed by atoms with Gasteiger partial charge in [-0.25, -0.2) is 0 Å². The van der Waals surface area contributed by atoms with E-state index in [0.717, 1.165) is 12.8 Å². The molecule has 1 aromatic carbocycles. The summed E-state index contributed by atoms with van der Waals surface area (Å²) in [6.07, 6.45) is 2.21. The first-order valence-electron chi connectivity index (χ1n) is 8.19. The first-order chi connectivity index (χ1) is 10.7. The van der Waals surface area contributed by atoms with Gasteiger partial charge >= 0.3 is 8.97 Å². The summed E-state index contributed by atoms with van der Waals surface area (Å²) in [5, 5.41) is 0.318. The molecule has 1 aliphatic heterocycles. The van der Waals surface area contributed by atoms with Gasteiger partial charge < -0.3 is 17.8 Å². The molecule has 124 valence electrons. The number of benzene rings is 1. The first-order valence-corrected chi connectivity index (χ1v) is 10.7. The average molecular weight is 342 g/mol. The molecule has 0 aliphatic carbocycles. The first kappa shape index (κ1) is 17.8. The second-order valence-corrected chi connectivity index (χ2v) is 8.64. The van der Waals surface area contributed by atoms with Crippen LogP contribution < -0.4 is 4.57 Å². The fraction of sp³-hybridized carbons (Fsp3) is 0.625. The van der Waals surface area contributed by atoms with Gasteiger partial charge in [-0.15, -0.1) is 0 Å². The number of fused-ring (bicyclic) bond motifs is 1. The fourth-order valence-corrected chi connectivity index (χ4v) is 7.42. The van der Waals surface area contributed by atoms with E-state index in [4.69, 9.17) is 13.3 Å². The maximum absolute atomic E-state index is 6.13. The lowest BCUT2D eigenvalue weighted by molar-refractivity contribution is 0.0682. The standard InChI is InChI=1S/C16H27NO3SSi/c1-5-11-16-17(14-12-9-10-13-15(14)21-16)22(18-6-2,19-7-3)20-8-4/h9-10,12-13,16H,5-8,11H2,1-4H3. The summed E-state index contributed by atoms with van der Waals surface area (Å²) in [7, 11) is -2.90. The molecule has 0 spiro atoms. The highest BCUT2D eigenvalue weighted by atomic mass is 32.2. The Morgan fingerprint density at radius 2 is 1.59 bits per heavy atom. The molecule has 0 saturated carbocycles. The monoisotopic (exact) mass is 341 g/mol. The van der Waals surface area contributed by atoms with Crippen LogP contribution in [0.2, 0.25) is 0 Å². The van der Waals surface area contributed by atoms with Crippen molar-refractivity contribution in [2.75, 3.05) is 24.4 Å². The molecule has 2 rings (SSSR count). The van der Waals surface area contributed by atoms with Gasteiger partial charge in [-0.3, -0.25) is 0 Å². The number of hydrogen-bond donors (Lipinski definition) is 0. The number of anilines is 1. The lowest BCUT2D eigenvalue weighted by Gasteiger charge is -2.39. The highest BCUT2D eigenvalue weighted by Crippen LogP contribution is 2.47. The van der Waals surface area contributed by atoms with Crippen LogP contribution in [0.3, 0.4) is 0 Å². The predicted octanol–water partition coefficient (Wildman–Crippen LogP) is 4.27. The minimum Gasteiger partial charge on any atom is -0.357 e. The maximum atomic E-state index is 6.13. The van der Waals surface area contributed by atoms with Gasteiger partial charge in [0.25, 0.3) is 0 Å². The van der Waals surface area contributed by atoms with Gasteiger partial charge in [0.1, 0.15) is 0 Å². The zero-order valence-corrected chi connectivity index (χ0v) is 15.8. The normalized spacial score (nSPS) is 17.8. The molecule has 0 saturated heterocycles. The van der Waals surface area contributed by atoms with Crippen LogP contribution in [0, 0.1) is 0 Å². The van der Waals surface area contributed by atoms with Gasteiger partial charge in [-0.2, -0.15) is 0 Å². The molecular weight excluding hydrogens is 314 g/mol. The van der Waals surface area contributed by atoms with E-state index in [0.29, 0.717) is 25.2 Å². The molecule has 0 fully saturated rings. The molecule has 0 radical (unpaired) electrons. The Labute approximate surface area is 139 Å². The SMILES string of the molecule is CCCC1Sc2ccccc2N1[Si](OCC)(OCC)OCC. The lowest BCUT2D eigenvalue weighted by Crippen LogP contribution is -2.63. The molecule has 1 unspecified atom stereocenters. The Morgan fingerprint density at radius 3 is 2.14 bits per heavy atom. The highest BCUT2D eigenvalue weighted by molar-refractivity contribution is 8.00. The van der Waals surface area contributed by atoms with Crippen molar-refractivity contribution in [3.63, 3.8) is 0 Å². The summed E-state index contributed by atoms with van der Waals surface area (Å²) in [6.45, 7) is 10.0. The van der Waals surface area contributed by atoms with Gasteiger partial charge in [0, 0.05) is 30.4 Å². The van der Waals surface area contributed by atoms with Gasteiger partial charge in [0.2, 0.25) is 0 Å². The van der Waals surface area contributed by atoms with Crippen LogP contribution in [0.15, 0.2) is 29.2 Å². The molecule has 0 amide bonds. The van der Waals surface area contributed by atoms with E-state index in [1.807, 2.05) is 32.5 Å². The molecular formula is C16H27NO3SSi. The Bertz CT molecular complexity index is 457. The molecule has 22 heavy (non-hydrogen) atoms. The zero-order chi connectivity index (χ0) is 16.0. The highest BCUT2D eigenvalue weighted by Gasteiger charge is 2.55. The van der Waals surface area contributed by atoms with Gasteiger partial charge in [0.05, 0.1) is 5.37 Å². The number of nitrogens with zero attached hydrogens (tertiary/aromatic N) is 1. The molecule has 1 atom stereocenters. The van der Waals surface area contributed by atoms with Crippen LogP contribution in [0.4, 0.5) is 5.69 Å². The quantitative estimate of drug-likeness (QED) is 0.626. The second-order valence-electron chi connectivity index (χ2n) is 5.02. The summed E-state index contributed by atoms with van der Waals surface area (Å²) in [4.78, 5) is 1.29. The van der Waals surface area contributed by atoms with Gasteiger partial charge in [0.15, 0.2) is 0 Å². The van der Waals surface area contributed by atoms with Crippen LogP contribution in [0.5, 0.6) is 0 Å². The Morgan fingerprint density at radius 1 is 1.00 bits per heavy atom. The minimum absolute atomic E-state index is 0.318. The Kier molecular flexibility index (Phi) is 6.77. The average Bonchev–Trinajstić information content (AvgIpc) is 2.87. The molecule has 1 heterocycles. The van der Waals surface area contributed by atoms with Crippen molar-refractivity contribution >= 4 is 26.4 Å². The molecule has 0 bridgehead atoms. The number of para-hydroxylation sites is 1. The maximum Gasteiger partial charge on any atom is 0.634 e. The second kappa shape index (κ2) is 8.36. The third kappa shape index (κ3) is 3.51. The van der Waals surface area contributed by atoms with Gasteiger partial charge in [-0.05, 0) is 39.3 Å². The predicted molar refractivity (Wildman–Crippen MR) is 94.1 cm³/mol. The minimum atomic E-state index is -2.90. The number of rotatable bonds is 9. The Balaban J connectivity index is 2.44.